The Morgan fingerprint density at radius 1 is 1.03 bits per heavy atom. The molecule has 0 bridgehead atoms. The van der Waals surface area contributed by atoms with Crippen LogP contribution in [0.2, 0.25) is 0 Å². The number of benzene rings is 3. The Balaban J connectivity index is 1.81. The Morgan fingerprint density at radius 2 is 1.76 bits per heavy atom. The molecular weight excluding hydrogens is 536 g/mol. The number of nitrogens with one attached hydrogen (secondary N) is 1. The molecule has 0 unspecified atom stereocenters. The summed E-state index contributed by atoms with van der Waals surface area (Å²) in [5, 5.41) is 12.3. The number of hydrogen-bond acceptors (Lipinski definition) is 6. The Hall–Kier alpha value is -4.09. The number of carbonyl (C=O) groups is 2. The third-order valence-corrected chi connectivity index (χ3v) is 6.12. The van der Waals surface area contributed by atoms with Gasteiger partial charge < -0.3 is 19.5 Å². The molecule has 3 aromatic carbocycles. The van der Waals surface area contributed by atoms with Crippen LogP contribution in [0.25, 0.3) is 6.08 Å². The van der Waals surface area contributed by atoms with Gasteiger partial charge in [-0.1, -0.05) is 18.2 Å². The van der Waals surface area contributed by atoms with Crippen molar-refractivity contribution < 1.29 is 23.8 Å². The normalized spacial score (nSPS) is 10.9. The van der Waals surface area contributed by atoms with E-state index in [2.05, 4.69) is 52.0 Å². The summed E-state index contributed by atoms with van der Waals surface area (Å²) in [6.45, 7) is 6.75. The fourth-order valence-electron chi connectivity index (χ4n) is 3.44. The van der Waals surface area contributed by atoms with Crippen molar-refractivity contribution in [3.8, 4) is 17.6 Å². The average molecular weight is 563 g/mol. The molecule has 8 heteroatoms. The number of halogens is 1. The summed E-state index contributed by atoms with van der Waals surface area (Å²) in [5.41, 5.74) is 4.70. The fraction of sp³-hybridized carbons (Fsp3) is 0.207. The van der Waals surface area contributed by atoms with Crippen molar-refractivity contribution >= 4 is 39.6 Å². The highest BCUT2D eigenvalue weighted by Crippen LogP contribution is 2.38. The quantitative estimate of drug-likeness (QED) is 0.185. The van der Waals surface area contributed by atoms with E-state index in [-0.39, 0.29) is 5.57 Å². The van der Waals surface area contributed by atoms with Gasteiger partial charge in [-0.15, -0.1) is 0 Å². The standard InChI is InChI=1S/C29H27BrN2O5/c1-5-36-26-15-21(14-25(30)27(26)37-17-20-7-6-18(2)19(3)12-20)13-23(16-31)28(33)32-24-10-8-22(9-11-24)29(34)35-4/h6-15H,5,17H2,1-4H3,(H,32,33)/b23-13+. The molecule has 3 rings (SSSR count). The molecule has 190 valence electrons. The number of esters is 1. The van der Waals surface area contributed by atoms with Gasteiger partial charge in [0.05, 0.1) is 23.8 Å². The molecular formula is C29H27BrN2O5. The lowest BCUT2D eigenvalue weighted by atomic mass is 10.1. The molecule has 0 aliphatic carbocycles. The van der Waals surface area contributed by atoms with E-state index < -0.39 is 11.9 Å². The first-order chi connectivity index (χ1) is 17.7. The first-order valence-corrected chi connectivity index (χ1v) is 12.3. The van der Waals surface area contributed by atoms with Gasteiger partial charge in [-0.3, -0.25) is 4.79 Å². The largest absolute Gasteiger partial charge is 0.490 e. The summed E-state index contributed by atoms with van der Waals surface area (Å²) in [5.74, 6) is -0.0426. The highest BCUT2D eigenvalue weighted by molar-refractivity contribution is 9.10. The van der Waals surface area contributed by atoms with Gasteiger partial charge in [0.1, 0.15) is 18.2 Å². The van der Waals surface area contributed by atoms with E-state index in [1.165, 1.54) is 36.4 Å². The Bertz CT molecular complexity index is 1370. The third kappa shape index (κ3) is 7.21. The monoisotopic (exact) mass is 562 g/mol. The van der Waals surface area contributed by atoms with Crippen LogP contribution in [0.5, 0.6) is 11.5 Å². The van der Waals surface area contributed by atoms with Crippen LogP contribution in [0, 0.1) is 25.2 Å². The average Bonchev–Trinajstić information content (AvgIpc) is 2.88. The molecule has 0 heterocycles. The zero-order chi connectivity index (χ0) is 26.9. The summed E-state index contributed by atoms with van der Waals surface area (Å²) < 4.78 is 17.2. The van der Waals surface area contributed by atoms with Crippen molar-refractivity contribution in [1.29, 1.82) is 5.26 Å². The topological polar surface area (TPSA) is 97.7 Å². The number of nitrogens with zero attached hydrogens (tertiary/aromatic N) is 1. The van der Waals surface area contributed by atoms with Crippen molar-refractivity contribution in [3.63, 3.8) is 0 Å². The Kier molecular flexibility index (Phi) is 9.47. The Morgan fingerprint density at radius 3 is 2.38 bits per heavy atom. The minimum absolute atomic E-state index is 0.102. The second-order valence-corrected chi connectivity index (χ2v) is 9.02. The number of methoxy groups -OCH3 is 1. The lowest BCUT2D eigenvalue weighted by molar-refractivity contribution is -0.112. The number of amides is 1. The highest BCUT2D eigenvalue weighted by atomic mass is 79.9. The summed E-state index contributed by atoms with van der Waals surface area (Å²) in [4.78, 5) is 24.3. The molecule has 1 N–H and O–H groups in total. The Labute approximate surface area is 224 Å². The molecule has 1 amide bonds. The van der Waals surface area contributed by atoms with E-state index in [1.807, 2.05) is 19.1 Å². The van der Waals surface area contributed by atoms with Crippen LogP contribution in [-0.2, 0) is 16.1 Å². The van der Waals surface area contributed by atoms with Crippen LogP contribution in [-0.4, -0.2) is 25.6 Å². The van der Waals surface area contributed by atoms with Crippen LogP contribution >= 0.6 is 15.9 Å². The van der Waals surface area contributed by atoms with Crippen molar-refractivity contribution in [2.24, 2.45) is 0 Å². The summed E-state index contributed by atoms with van der Waals surface area (Å²) in [6, 6.07) is 17.8. The molecule has 0 atom stereocenters. The number of rotatable bonds is 9. The molecule has 0 aromatic heterocycles. The molecule has 0 saturated heterocycles. The molecule has 3 aromatic rings. The third-order valence-electron chi connectivity index (χ3n) is 5.53. The maximum Gasteiger partial charge on any atom is 0.337 e. The lowest BCUT2D eigenvalue weighted by Gasteiger charge is -2.15. The summed E-state index contributed by atoms with van der Waals surface area (Å²) in [6.07, 6.45) is 1.47. The molecule has 0 saturated carbocycles. The van der Waals surface area contributed by atoms with E-state index in [0.717, 1.165) is 5.56 Å². The van der Waals surface area contributed by atoms with Gasteiger partial charge in [0.25, 0.3) is 5.91 Å². The van der Waals surface area contributed by atoms with Crippen LogP contribution in [0.1, 0.15) is 39.5 Å². The SMILES string of the molecule is CCOc1cc(/C=C(\C#N)C(=O)Nc2ccc(C(=O)OC)cc2)cc(Br)c1OCc1ccc(C)c(C)c1. The summed E-state index contributed by atoms with van der Waals surface area (Å²) >= 11 is 3.54. The van der Waals surface area contributed by atoms with Gasteiger partial charge in [-0.2, -0.15) is 5.26 Å². The van der Waals surface area contributed by atoms with Crippen LogP contribution in [0.4, 0.5) is 5.69 Å². The molecule has 0 fully saturated rings. The summed E-state index contributed by atoms with van der Waals surface area (Å²) in [7, 11) is 1.29. The second-order valence-electron chi connectivity index (χ2n) is 8.16. The minimum Gasteiger partial charge on any atom is -0.490 e. The predicted octanol–water partition coefficient (Wildman–Crippen LogP) is 6.38. The van der Waals surface area contributed by atoms with Crippen molar-refractivity contribution in [3.05, 3.63) is 92.5 Å². The molecule has 37 heavy (non-hydrogen) atoms. The predicted molar refractivity (Wildman–Crippen MR) is 146 cm³/mol. The number of aryl methyl sites for hydroxylation is 2. The number of hydrogen-bond donors (Lipinski definition) is 1. The van der Waals surface area contributed by atoms with Crippen molar-refractivity contribution in [1.82, 2.24) is 0 Å². The van der Waals surface area contributed by atoms with Gasteiger partial charge in [-0.05, 0) is 101 Å². The number of carbonyl (C=O) groups excluding carboxylic acids is 2. The van der Waals surface area contributed by atoms with Crippen LogP contribution < -0.4 is 14.8 Å². The number of anilines is 1. The highest BCUT2D eigenvalue weighted by Gasteiger charge is 2.15. The van der Waals surface area contributed by atoms with Gasteiger partial charge >= 0.3 is 5.97 Å². The van der Waals surface area contributed by atoms with Gasteiger partial charge in [-0.25, -0.2) is 4.79 Å². The molecule has 0 spiro atoms. The van der Waals surface area contributed by atoms with Gasteiger partial charge in [0, 0.05) is 5.69 Å². The van der Waals surface area contributed by atoms with Crippen LogP contribution in [0.3, 0.4) is 0 Å². The molecule has 7 nitrogen and oxygen atoms in total. The lowest BCUT2D eigenvalue weighted by Crippen LogP contribution is -2.13. The first-order valence-electron chi connectivity index (χ1n) is 11.5. The van der Waals surface area contributed by atoms with Crippen LogP contribution in [0.15, 0.2) is 64.6 Å². The van der Waals surface area contributed by atoms with Crippen molar-refractivity contribution in [2.45, 2.75) is 27.4 Å². The maximum atomic E-state index is 12.7. The fourth-order valence-corrected chi connectivity index (χ4v) is 4.02. The number of nitriles is 1. The minimum atomic E-state index is -0.586. The molecule has 0 radical (unpaired) electrons. The van der Waals surface area contributed by atoms with E-state index >= 15 is 0 Å². The smallest absolute Gasteiger partial charge is 0.337 e. The zero-order valence-electron chi connectivity index (χ0n) is 21.1. The van der Waals surface area contributed by atoms with E-state index in [9.17, 15) is 14.9 Å². The number of ether oxygens (including phenoxy) is 3. The maximum absolute atomic E-state index is 12.7. The molecule has 0 aliphatic rings. The van der Waals surface area contributed by atoms with Gasteiger partial charge in [0.2, 0.25) is 0 Å². The first kappa shape index (κ1) is 27.5. The van der Waals surface area contributed by atoms with E-state index in [4.69, 9.17) is 9.47 Å². The van der Waals surface area contributed by atoms with E-state index in [0.29, 0.717) is 46.0 Å². The molecule has 0 aliphatic heterocycles. The van der Waals surface area contributed by atoms with Gasteiger partial charge in [0.15, 0.2) is 11.5 Å². The zero-order valence-corrected chi connectivity index (χ0v) is 22.6. The second kappa shape index (κ2) is 12.7. The van der Waals surface area contributed by atoms with Crippen molar-refractivity contribution in [2.75, 3.05) is 19.0 Å². The van der Waals surface area contributed by atoms with E-state index in [1.54, 1.807) is 24.3 Å².